The topological polar surface area (TPSA) is 17.1 Å². The second-order valence-corrected chi connectivity index (χ2v) is 4.34. The van der Waals surface area contributed by atoms with Crippen LogP contribution in [0.25, 0.3) is 0 Å². The molecule has 1 fully saturated rings. The highest BCUT2D eigenvalue weighted by atomic mass is 32.1. The van der Waals surface area contributed by atoms with Gasteiger partial charge in [-0.05, 0) is 30.4 Å². The van der Waals surface area contributed by atoms with Crippen LogP contribution in [0.4, 0.5) is 0 Å². The van der Waals surface area contributed by atoms with Crippen molar-refractivity contribution in [1.82, 2.24) is 0 Å². The summed E-state index contributed by atoms with van der Waals surface area (Å²) in [4.78, 5) is 11.5. The fraction of sp³-hybridized carbons (Fsp3) is 0.385. The number of ketones is 1. The van der Waals surface area contributed by atoms with E-state index in [1.807, 2.05) is 12.1 Å². The van der Waals surface area contributed by atoms with E-state index < -0.39 is 0 Å². The molecule has 1 nitrogen and oxygen atoms in total. The summed E-state index contributed by atoms with van der Waals surface area (Å²) in [7, 11) is 0. The van der Waals surface area contributed by atoms with Crippen molar-refractivity contribution in [3.05, 3.63) is 35.4 Å². The molecular formula is C13H14OS. The lowest BCUT2D eigenvalue weighted by Crippen LogP contribution is -2.01. The molecule has 0 aliphatic heterocycles. The van der Waals surface area contributed by atoms with Gasteiger partial charge in [0.15, 0.2) is 0 Å². The number of carbonyl (C=O) groups excluding carboxylic acids is 1. The lowest BCUT2D eigenvalue weighted by molar-refractivity contribution is -0.120. The molecule has 1 saturated carbocycles. The molecule has 1 aromatic carbocycles. The van der Waals surface area contributed by atoms with Gasteiger partial charge in [-0.25, -0.2) is 0 Å². The van der Waals surface area contributed by atoms with Crippen molar-refractivity contribution in [1.29, 1.82) is 0 Å². The summed E-state index contributed by atoms with van der Waals surface area (Å²) in [5.74, 6) is 0.833. The van der Waals surface area contributed by atoms with Gasteiger partial charge < -0.3 is 0 Å². The first-order valence-electron chi connectivity index (χ1n) is 5.36. The Morgan fingerprint density at radius 2 is 2.00 bits per heavy atom. The first-order chi connectivity index (χ1) is 7.29. The zero-order valence-corrected chi connectivity index (χ0v) is 9.43. The summed E-state index contributed by atoms with van der Waals surface area (Å²) in [6.45, 7) is 0. The molecule has 0 atom stereocenters. The number of aryl methyl sites for hydroxylation is 1. The quantitative estimate of drug-likeness (QED) is 0.707. The normalized spacial score (nSPS) is 14.9. The summed E-state index contributed by atoms with van der Waals surface area (Å²) in [5.41, 5.74) is 2.28. The highest BCUT2D eigenvalue weighted by Gasteiger charge is 2.28. The van der Waals surface area contributed by atoms with Gasteiger partial charge in [-0.15, -0.1) is 0 Å². The summed E-state index contributed by atoms with van der Waals surface area (Å²) in [5, 5.41) is 1.67. The van der Waals surface area contributed by atoms with Crippen LogP contribution in [0.5, 0.6) is 0 Å². The van der Waals surface area contributed by atoms with Crippen molar-refractivity contribution >= 4 is 23.4 Å². The number of Topliss-reactive ketones (excluding diaryl/α,β-unsaturated/α-hetero) is 1. The minimum absolute atomic E-state index is 0.394. The van der Waals surface area contributed by atoms with Crippen LogP contribution < -0.4 is 0 Å². The zero-order valence-electron chi connectivity index (χ0n) is 8.61. The fourth-order valence-corrected chi connectivity index (χ4v) is 1.80. The Morgan fingerprint density at radius 1 is 1.33 bits per heavy atom. The highest BCUT2D eigenvalue weighted by Crippen LogP contribution is 2.31. The Balaban J connectivity index is 1.87. The van der Waals surface area contributed by atoms with Gasteiger partial charge in [-0.1, -0.05) is 36.5 Å². The Morgan fingerprint density at radius 3 is 2.53 bits per heavy atom. The molecule has 0 N–H and O–H groups in total. The molecule has 0 unspecified atom stereocenters. The van der Waals surface area contributed by atoms with Gasteiger partial charge >= 0.3 is 0 Å². The van der Waals surface area contributed by atoms with Crippen LogP contribution in [0, 0.1) is 5.92 Å². The molecule has 0 bridgehead atoms. The van der Waals surface area contributed by atoms with Crippen LogP contribution >= 0.6 is 12.2 Å². The summed E-state index contributed by atoms with van der Waals surface area (Å²) in [6, 6.07) is 8.12. The average molecular weight is 218 g/mol. The second-order valence-electron chi connectivity index (χ2n) is 4.10. The molecule has 1 aromatic rings. The molecule has 15 heavy (non-hydrogen) atoms. The van der Waals surface area contributed by atoms with E-state index in [9.17, 15) is 4.79 Å². The summed E-state index contributed by atoms with van der Waals surface area (Å²) in [6.07, 6.45) is 3.79. The third kappa shape index (κ3) is 2.96. The molecule has 78 valence electrons. The standard InChI is InChI=1S/C13H14OS/c14-13(12-6-7-12)8-5-10-1-3-11(9-15)4-2-10/h1-4,9,12H,5-8H2. The maximum absolute atomic E-state index is 11.5. The smallest absolute Gasteiger partial charge is 0.136 e. The number of benzene rings is 1. The molecular weight excluding hydrogens is 204 g/mol. The molecule has 0 aromatic heterocycles. The van der Waals surface area contributed by atoms with E-state index in [2.05, 4.69) is 12.1 Å². The third-order valence-corrected chi connectivity index (χ3v) is 3.08. The number of carbonyl (C=O) groups is 1. The van der Waals surface area contributed by atoms with E-state index in [1.165, 1.54) is 5.56 Å². The predicted octanol–water partition coefficient (Wildman–Crippen LogP) is 2.95. The first-order valence-corrected chi connectivity index (χ1v) is 5.83. The number of rotatable bonds is 5. The van der Waals surface area contributed by atoms with Crippen molar-refractivity contribution in [3.63, 3.8) is 0 Å². The van der Waals surface area contributed by atoms with Gasteiger partial charge in [-0.3, -0.25) is 4.79 Å². The Kier molecular flexibility index (Phi) is 3.27. The molecule has 0 saturated heterocycles. The van der Waals surface area contributed by atoms with Gasteiger partial charge in [-0.2, -0.15) is 0 Å². The molecule has 0 amide bonds. The maximum Gasteiger partial charge on any atom is 0.136 e. The molecule has 1 aliphatic carbocycles. The SMILES string of the molecule is O=C(CCc1ccc(C=S)cc1)C1CC1. The lowest BCUT2D eigenvalue weighted by Gasteiger charge is -2.00. The monoisotopic (exact) mass is 218 g/mol. The molecule has 0 heterocycles. The summed E-state index contributed by atoms with van der Waals surface area (Å²) < 4.78 is 0. The van der Waals surface area contributed by atoms with E-state index in [4.69, 9.17) is 12.2 Å². The first kappa shape index (κ1) is 10.5. The maximum atomic E-state index is 11.5. The van der Waals surface area contributed by atoms with Crippen LogP contribution in [0.15, 0.2) is 24.3 Å². The molecule has 2 rings (SSSR count). The number of hydrogen-bond donors (Lipinski definition) is 0. The lowest BCUT2D eigenvalue weighted by atomic mass is 10.0. The van der Waals surface area contributed by atoms with Crippen molar-refractivity contribution in [2.24, 2.45) is 5.92 Å². The molecule has 1 aliphatic rings. The fourth-order valence-electron chi connectivity index (χ4n) is 1.64. The highest BCUT2D eigenvalue weighted by molar-refractivity contribution is 7.79. The average Bonchev–Trinajstić information content (AvgIpc) is 3.10. The van der Waals surface area contributed by atoms with Crippen molar-refractivity contribution < 1.29 is 4.79 Å². The van der Waals surface area contributed by atoms with Gasteiger partial charge in [0, 0.05) is 17.7 Å². The minimum atomic E-state index is 0.394. The summed E-state index contributed by atoms with van der Waals surface area (Å²) >= 11 is 4.83. The molecule has 2 heteroatoms. The molecule has 0 radical (unpaired) electrons. The number of hydrogen-bond acceptors (Lipinski definition) is 2. The Labute approximate surface area is 95.5 Å². The van der Waals surface area contributed by atoms with Crippen LogP contribution in [0.2, 0.25) is 0 Å². The predicted molar refractivity (Wildman–Crippen MR) is 65.3 cm³/mol. The van der Waals surface area contributed by atoms with Gasteiger partial charge in [0.25, 0.3) is 0 Å². The largest absolute Gasteiger partial charge is 0.299 e. The van der Waals surface area contributed by atoms with E-state index in [0.29, 0.717) is 18.1 Å². The van der Waals surface area contributed by atoms with E-state index in [0.717, 1.165) is 24.8 Å². The van der Waals surface area contributed by atoms with Crippen LogP contribution in [-0.2, 0) is 11.2 Å². The second kappa shape index (κ2) is 4.67. The Hall–Kier alpha value is -1.02. The van der Waals surface area contributed by atoms with Crippen LogP contribution in [-0.4, -0.2) is 11.2 Å². The van der Waals surface area contributed by atoms with E-state index in [-0.39, 0.29) is 0 Å². The number of thiocarbonyl (C=S) groups is 1. The third-order valence-electron chi connectivity index (χ3n) is 2.81. The Bertz CT molecular complexity index is 363. The van der Waals surface area contributed by atoms with Gasteiger partial charge in [0.2, 0.25) is 0 Å². The van der Waals surface area contributed by atoms with Crippen LogP contribution in [0.3, 0.4) is 0 Å². The van der Waals surface area contributed by atoms with Crippen molar-refractivity contribution in [3.8, 4) is 0 Å². The van der Waals surface area contributed by atoms with E-state index >= 15 is 0 Å². The van der Waals surface area contributed by atoms with Crippen molar-refractivity contribution in [2.75, 3.05) is 0 Å². The molecule has 0 spiro atoms. The van der Waals surface area contributed by atoms with Gasteiger partial charge in [0.05, 0.1) is 0 Å². The van der Waals surface area contributed by atoms with Gasteiger partial charge in [0.1, 0.15) is 5.78 Å². The zero-order chi connectivity index (χ0) is 10.7. The minimum Gasteiger partial charge on any atom is -0.299 e. The van der Waals surface area contributed by atoms with Crippen LogP contribution in [0.1, 0.15) is 30.4 Å². The van der Waals surface area contributed by atoms with Crippen molar-refractivity contribution in [2.45, 2.75) is 25.7 Å². The van der Waals surface area contributed by atoms with E-state index in [1.54, 1.807) is 5.37 Å².